The van der Waals surface area contributed by atoms with Crippen LogP contribution < -0.4 is 5.32 Å². The number of hydrogen-bond acceptors (Lipinski definition) is 7. The number of fused-ring (bicyclic) bond motifs is 1. The van der Waals surface area contributed by atoms with Crippen LogP contribution in [0.4, 0.5) is 5.82 Å². The van der Waals surface area contributed by atoms with Crippen molar-refractivity contribution in [3.05, 3.63) is 64.6 Å². The summed E-state index contributed by atoms with van der Waals surface area (Å²) in [4.78, 5) is 39.9. The fourth-order valence-electron chi connectivity index (χ4n) is 4.17. The topological polar surface area (TPSA) is 124 Å². The lowest BCUT2D eigenvalue weighted by Crippen LogP contribution is -2.32. The van der Waals surface area contributed by atoms with Gasteiger partial charge >= 0.3 is 0 Å². The second-order valence-electron chi connectivity index (χ2n) is 9.10. The lowest BCUT2D eigenvalue weighted by atomic mass is 10.1. The van der Waals surface area contributed by atoms with Gasteiger partial charge in [-0.2, -0.15) is 5.10 Å². The van der Waals surface area contributed by atoms with Crippen molar-refractivity contribution in [1.82, 2.24) is 29.4 Å². The maximum atomic E-state index is 13.3. The molecule has 0 spiro atoms. The summed E-state index contributed by atoms with van der Waals surface area (Å²) >= 11 is 6.22. The molecule has 0 bridgehead atoms. The van der Waals surface area contributed by atoms with Crippen LogP contribution in [0.5, 0.6) is 0 Å². The first-order chi connectivity index (χ1) is 18.7. The Morgan fingerprint density at radius 3 is 2.62 bits per heavy atom. The molecule has 39 heavy (non-hydrogen) atoms. The molecule has 0 atom stereocenters. The fourth-order valence-corrected chi connectivity index (χ4v) is 4.34. The molecule has 3 aromatic heterocycles. The molecular weight excluding hydrogens is 522 g/mol. The highest BCUT2D eigenvalue weighted by Crippen LogP contribution is 2.26. The number of anilines is 1. The van der Waals surface area contributed by atoms with Gasteiger partial charge in [0.15, 0.2) is 17.4 Å². The van der Waals surface area contributed by atoms with Crippen LogP contribution in [0.3, 0.4) is 0 Å². The fraction of sp³-hybridized carbons (Fsp3) is 0.333. The zero-order valence-electron chi connectivity index (χ0n) is 22.3. The molecule has 11 nitrogen and oxygen atoms in total. The van der Waals surface area contributed by atoms with Crippen LogP contribution in [0.15, 0.2) is 42.7 Å². The Labute approximate surface area is 230 Å². The molecule has 0 aliphatic carbocycles. The van der Waals surface area contributed by atoms with Crippen molar-refractivity contribution in [3.8, 4) is 5.82 Å². The lowest BCUT2D eigenvalue weighted by Gasteiger charge is -2.17. The minimum atomic E-state index is -0.425. The molecule has 0 radical (unpaired) electrons. The van der Waals surface area contributed by atoms with Crippen LogP contribution in [0.1, 0.15) is 46.2 Å². The average molecular weight is 552 g/mol. The van der Waals surface area contributed by atoms with Gasteiger partial charge < -0.3 is 19.5 Å². The molecule has 1 aromatic carbocycles. The molecule has 4 rings (SSSR count). The summed E-state index contributed by atoms with van der Waals surface area (Å²) in [5.74, 6) is 0.127. The number of carbonyl (C=O) groups is 3. The van der Waals surface area contributed by atoms with Crippen LogP contribution >= 0.6 is 11.6 Å². The van der Waals surface area contributed by atoms with Crippen molar-refractivity contribution in [2.24, 2.45) is 0 Å². The smallest absolute Gasteiger partial charge is 0.259 e. The third kappa shape index (κ3) is 6.15. The number of Topliss-reactive ketones (excluding diaryl/α,β-unsaturated/α-hetero) is 1. The van der Waals surface area contributed by atoms with Crippen molar-refractivity contribution >= 4 is 45.9 Å². The molecule has 0 saturated heterocycles. The third-order valence-corrected chi connectivity index (χ3v) is 6.58. The predicted molar refractivity (Wildman–Crippen MR) is 148 cm³/mol. The Hall–Kier alpha value is -4.09. The number of likely N-dealkylation sites (N-methyl/N-ethyl adjacent to an activating group) is 1. The van der Waals surface area contributed by atoms with Crippen LogP contribution in [0.2, 0.25) is 5.02 Å². The molecule has 0 fully saturated rings. The largest absolute Gasteiger partial charge is 0.383 e. The molecule has 0 unspecified atom stereocenters. The minimum absolute atomic E-state index is 0.0284. The predicted octanol–water partition coefficient (Wildman–Crippen LogP) is 3.92. The van der Waals surface area contributed by atoms with Crippen LogP contribution in [0.25, 0.3) is 16.7 Å². The van der Waals surface area contributed by atoms with Gasteiger partial charge in [-0.15, -0.1) is 10.2 Å². The van der Waals surface area contributed by atoms with Gasteiger partial charge in [0.1, 0.15) is 6.54 Å². The Morgan fingerprint density at radius 2 is 1.92 bits per heavy atom. The molecule has 0 saturated carbocycles. The highest BCUT2D eigenvalue weighted by Gasteiger charge is 2.20. The van der Waals surface area contributed by atoms with E-state index in [1.165, 1.54) is 10.9 Å². The summed E-state index contributed by atoms with van der Waals surface area (Å²) in [6.07, 6.45) is 4.36. The zero-order chi connectivity index (χ0) is 28.1. The molecule has 0 aliphatic heterocycles. The number of carbonyl (C=O) groups excluding carboxylic acids is 3. The maximum absolute atomic E-state index is 13.3. The Morgan fingerprint density at radius 1 is 1.13 bits per heavy atom. The van der Waals surface area contributed by atoms with Gasteiger partial charge in [0, 0.05) is 49.2 Å². The SMILES string of the molecule is CCCC(=O)c1cnn(-c2ccc(NC(=O)c3cn(CC(=O)N(C)CCOC)c4ccc(Cl)cc34)nn2)c1C. The maximum Gasteiger partial charge on any atom is 0.259 e. The number of ether oxygens (including phenoxy) is 1. The van der Waals surface area contributed by atoms with Gasteiger partial charge in [-0.05, 0) is 43.7 Å². The van der Waals surface area contributed by atoms with E-state index < -0.39 is 5.91 Å². The van der Waals surface area contributed by atoms with Gasteiger partial charge in [-0.25, -0.2) is 4.68 Å². The summed E-state index contributed by atoms with van der Waals surface area (Å²) in [7, 11) is 3.28. The van der Waals surface area contributed by atoms with Gasteiger partial charge in [-0.3, -0.25) is 14.4 Å². The van der Waals surface area contributed by atoms with Gasteiger partial charge in [0.05, 0.1) is 29.6 Å². The highest BCUT2D eigenvalue weighted by atomic mass is 35.5. The standard InChI is InChI=1S/C27H30ClN7O4/c1-5-6-23(36)20-14-29-35(17(20)2)25-10-9-24(31-32-25)30-27(38)21-15-34(16-26(37)33(3)11-12-39-4)22-8-7-18(28)13-19(21)22/h7-10,13-15H,5-6,11-12,16H2,1-4H3,(H,30,31,38). The van der Waals surface area contributed by atoms with Crippen molar-refractivity contribution in [2.45, 2.75) is 33.2 Å². The second-order valence-corrected chi connectivity index (χ2v) is 9.54. The molecule has 204 valence electrons. The van der Waals surface area contributed by atoms with Crippen LogP contribution in [-0.4, -0.2) is 74.4 Å². The Balaban J connectivity index is 1.54. The van der Waals surface area contributed by atoms with E-state index in [9.17, 15) is 14.4 Å². The summed E-state index contributed by atoms with van der Waals surface area (Å²) in [6, 6.07) is 8.44. The molecule has 1 N–H and O–H groups in total. The monoisotopic (exact) mass is 551 g/mol. The number of nitrogens with one attached hydrogen (secondary N) is 1. The number of methoxy groups -OCH3 is 1. The number of amides is 2. The first-order valence-corrected chi connectivity index (χ1v) is 12.9. The van der Waals surface area contributed by atoms with E-state index in [4.69, 9.17) is 16.3 Å². The number of rotatable bonds is 11. The lowest BCUT2D eigenvalue weighted by molar-refractivity contribution is -0.131. The van der Waals surface area contributed by atoms with Crippen molar-refractivity contribution < 1.29 is 19.1 Å². The van der Waals surface area contributed by atoms with Crippen molar-refractivity contribution in [3.63, 3.8) is 0 Å². The highest BCUT2D eigenvalue weighted by molar-refractivity contribution is 6.31. The van der Waals surface area contributed by atoms with E-state index in [0.29, 0.717) is 58.1 Å². The van der Waals surface area contributed by atoms with Gasteiger partial charge in [0.25, 0.3) is 5.91 Å². The van der Waals surface area contributed by atoms with Crippen molar-refractivity contribution in [2.75, 3.05) is 32.6 Å². The Kier molecular flexibility index (Phi) is 8.72. The first kappa shape index (κ1) is 27.9. The normalized spacial score (nSPS) is 11.1. The van der Waals surface area contributed by atoms with E-state index in [2.05, 4.69) is 20.6 Å². The minimum Gasteiger partial charge on any atom is -0.383 e. The average Bonchev–Trinajstić information content (AvgIpc) is 3.48. The van der Waals surface area contributed by atoms with E-state index in [1.54, 1.807) is 67.1 Å². The molecular formula is C27H30ClN7O4. The van der Waals surface area contributed by atoms with Crippen molar-refractivity contribution in [1.29, 1.82) is 0 Å². The van der Waals surface area contributed by atoms with Crippen LogP contribution in [-0.2, 0) is 16.1 Å². The van der Waals surface area contributed by atoms with Gasteiger partial charge in [0.2, 0.25) is 5.91 Å². The molecule has 3 heterocycles. The second kappa shape index (κ2) is 12.2. The number of hydrogen-bond donors (Lipinski definition) is 1. The molecule has 4 aromatic rings. The third-order valence-electron chi connectivity index (χ3n) is 6.35. The summed E-state index contributed by atoms with van der Waals surface area (Å²) in [5, 5.41) is 16.4. The molecule has 2 amide bonds. The Bertz CT molecular complexity index is 1510. The number of benzene rings is 1. The molecule has 12 heteroatoms. The van der Waals surface area contributed by atoms with E-state index in [1.807, 2.05) is 6.92 Å². The number of nitrogens with zero attached hydrogens (tertiary/aromatic N) is 6. The van der Waals surface area contributed by atoms with E-state index in [0.717, 1.165) is 6.42 Å². The number of halogens is 1. The number of ketones is 1. The molecule has 0 aliphatic rings. The van der Waals surface area contributed by atoms with Crippen LogP contribution in [0, 0.1) is 6.92 Å². The summed E-state index contributed by atoms with van der Waals surface area (Å²) < 4.78 is 8.31. The number of aromatic nitrogens is 5. The van der Waals surface area contributed by atoms with E-state index >= 15 is 0 Å². The quantitative estimate of drug-likeness (QED) is 0.280. The van der Waals surface area contributed by atoms with Gasteiger partial charge in [-0.1, -0.05) is 18.5 Å². The zero-order valence-corrected chi connectivity index (χ0v) is 23.0. The van der Waals surface area contributed by atoms with E-state index in [-0.39, 0.29) is 24.1 Å². The first-order valence-electron chi connectivity index (χ1n) is 12.5. The summed E-state index contributed by atoms with van der Waals surface area (Å²) in [6.45, 7) is 4.68. The summed E-state index contributed by atoms with van der Waals surface area (Å²) in [5.41, 5.74) is 2.26.